The van der Waals surface area contributed by atoms with Crippen molar-refractivity contribution in [2.75, 3.05) is 44.8 Å². The molecule has 6 N–H and O–H groups in total. The van der Waals surface area contributed by atoms with Crippen LogP contribution >= 0.6 is 15.9 Å². The Morgan fingerprint density at radius 2 is 1.32 bits per heavy atom. The summed E-state index contributed by atoms with van der Waals surface area (Å²) in [5, 5.41) is 28.5. The van der Waals surface area contributed by atoms with Crippen molar-refractivity contribution < 1.29 is 48.5 Å². The number of hydrogen-bond acceptors (Lipinski definition) is 8. The first-order valence-corrected chi connectivity index (χ1v) is 13.0. The van der Waals surface area contributed by atoms with E-state index in [1.54, 1.807) is 6.92 Å². The van der Waals surface area contributed by atoms with Gasteiger partial charge >= 0.3 is 11.9 Å². The van der Waals surface area contributed by atoms with Crippen LogP contribution in [0.1, 0.15) is 45.4 Å². The summed E-state index contributed by atoms with van der Waals surface area (Å²) in [6.07, 6.45) is 1.32. The van der Waals surface area contributed by atoms with Crippen LogP contribution in [0.25, 0.3) is 0 Å². The van der Waals surface area contributed by atoms with Crippen LogP contribution in [-0.2, 0) is 38.2 Å². The van der Waals surface area contributed by atoms with Gasteiger partial charge in [0.1, 0.15) is 18.7 Å². The molecule has 0 saturated carbocycles. The Morgan fingerprint density at radius 3 is 1.95 bits per heavy atom. The molecule has 0 radical (unpaired) electrons. The number of unbranched alkanes of at least 4 members (excludes halogenated alkanes) is 1. The zero-order chi connectivity index (χ0) is 28.1. The van der Waals surface area contributed by atoms with E-state index in [9.17, 15) is 33.9 Å². The molecule has 0 aliphatic heterocycles. The van der Waals surface area contributed by atoms with Crippen molar-refractivity contribution in [3.05, 3.63) is 0 Å². The number of carbonyl (C=O) groups excluding carboxylic acids is 4. The summed E-state index contributed by atoms with van der Waals surface area (Å²) in [5.74, 6) is -3.90. The van der Waals surface area contributed by atoms with Gasteiger partial charge in [0.25, 0.3) is 0 Å². The summed E-state index contributed by atoms with van der Waals surface area (Å²) in [6.45, 7) is 2.22. The molecule has 0 bridgehead atoms. The first-order valence-electron chi connectivity index (χ1n) is 11.9. The highest BCUT2D eigenvalue weighted by Crippen LogP contribution is 2.02. The van der Waals surface area contributed by atoms with Crippen molar-refractivity contribution >= 4 is 51.5 Å². The Bertz CT molecular complexity index is 753. The van der Waals surface area contributed by atoms with Crippen molar-refractivity contribution in [2.45, 2.75) is 57.5 Å². The van der Waals surface area contributed by atoms with Crippen molar-refractivity contribution in [3.8, 4) is 0 Å². The lowest BCUT2D eigenvalue weighted by atomic mass is 10.1. The molecule has 0 aromatic carbocycles. The van der Waals surface area contributed by atoms with Crippen LogP contribution < -0.4 is 21.3 Å². The fourth-order valence-corrected chi connectivity index (χ4v) is 3.01. The van der Waals surface area contributed by atoms with Crippen LogP contribution in [-0.4, -0.2) is 103 Å². The molecule has 14 nitrogen and oxygen atoms in total. The first kappa shape index (κ1) is 34.2. The van der Waals surface area contributed by atoms with E-state index in [-0.39, 0.29) is 75.8 Å². The van der Waals surface area contributed by atoms with Crippen LogP contribution in [0.15, 0.2) is 0 Å². The lowest BCUT2D eigenvalue weighted by Crippen LogP contribution is -2.42. The Kier molecular flexibility index (Phi) is 19.7. The maximum atomic E-state index is 11.9. The molecule has 0 unspecified atom stereocenters. The predicted molar refractivity (Wildman–Crippen MR) is 134 cm³/mol. The summed E-state index contributed by atoms with van der Waals surface area (Å²) in [5.41, 5.74) is 0. The summed E-state index contributed by atoms with van der Waals surface area (Å²) < 4.78 is 10.4. The standard InChI is InChI=1S/C22H37BrN4O10/c1-2-17(28)26-16(22(34)35)6-7-18(29)25-9-10-36-11-12-37-14-20(31)27-15(21(32)33)5-3-4-8-24-19(30)13-23/h15-16H,2-14H2,1H3,(H,24,30)(H,25,29)(H,26,28)(H,27,31)(H,32,33)(H,34,35)/t15-,16-/m0/s1. The van der Waals surface area contributed by atoms with Gasteiger partial charge in [0.05, 0.1) is 25.2 Å². The van der Waals surface area contributed by atoms with Gasteiger partial charge in [-0.05, 0) is 25.7 Å². The van der Waals surface area contributed by atoms with Crippen molar-refractivity contribution in [2.24, 2.45) is 0 Å². The van der Waals surface area contributed by atoms with E-state index in [2.05, 4.69) is 37.2 Å². The van der Waals surface area contributed by atoms with E-state index < -0.39 is 35.8 Å². The number of amides is 4. The van der Waals surface area contributed by atoms with Crippen molar-refractivity contribution in [1.29, 1.82) is 0 Å². The van der Waals surface area contributed by atoms with Gasteiger partial charge in [-0.1, -0.05) is 22.9 Å². The smallest absolute Gasteiger partial charge is 0.326 e. The third-order valence-electron chi connectivity index (χ3n) is 4.78. The number of carbonyl (C=O) groups is 6. The van der Waals surface area contributed by atoms with Gasteiger partial charge in [-0.2, -0.15) is 0 Å². The highest BCUT2D eigenvalue weighted by Gasteiger charge is 2.21. The molecule has 2 atom stereocenters. The second-order valence-electron chi connectivity index (χ2n) is 7.80. The number of alkyl halides is 1. The monoisotopic (exact) mass is 596 g/mol. The molecule has 0 aromatic rings. The first-order chi connectivity index (χ1) is 17.6. The highest BCUT2D eigenvalue weighted by molar-refractivity contribution is 9.09. The van der Waals surface area contributed by atoms with E-state index in [1.807, 2.05) is 0 Å². The number of rotatable bonds is 22. The number of halogens is 1. The second-order valence-corrected chi connectivity index (χ2v) is 8.36. The Hall–Kier alpha value is -2.78. The molecule has 0 spiro atoms. The molecular formula is C22H37BrN4O10. The number of nitrogens with one attached hydrogen (secondary N) is 4. The predicted octanol–water partition coefficient (Wildman–Crippen LogP) is -0.854. The van der Waals surface area contributed by atoms with Gasteiger partial charge in [-0.3, -0.25) is 19.2 Å². The maximum absolute atomic E-state index is 11.9. The van der Waals surface area contributed by atoms with E-state index in [1.165, 1.54) is 0 Å². The highest BCUT2D eigenvalue weighted by atomic mass is 79.9. The van der Waals surface area contributed by atoms with Crippen LogP contribution in [0.4, 0.5) is 0 Å². The maximum Gasteiger partial charge on any atom is 0.326 e. The van der Waals surface area contributed by atoms with Gasteiger partial charge < -0.3 is 41.0 Å². The normalized spacial score (nSPS) is 12.2. The summed E-state index contributed by atoms with van der Waals surface area (Å²) in [4.78, 5) is 68.6. The molecular weight excluding hydrogens is 560 g/mol. The van der Waals surface area contributed by atoms with Crippen molar-refractivity contribution in [3.63, 3.8) is 0 Å². The number of aliphatic carboxylic acids is 2. The van der Waals surface area contributed by atoms with Crippen LogP contribution in [0.5, 0.6) is 0 Å². The van der Waals surface area contributed by atoms with E-state index >= 15 is 0 Å². The second kappa shape index (κ2) is 21.3. The minimum absolute atomic E-state index is 0.0397. The topological polar surface area (TPSA) is 209 Å². The minimum atomic E-state index is -1.21. The zero-order valence-electron chi connectivity index (χ0n) is 20.9. The fourth-order valence-electron chi connectivity index (χ4n) is 2.81. The molecule has 0 aliphatic rings. The Morgan fingerprint density at radius 1 is 0.730 bits per heavy atom. The van der Waals surface area contributed by atoms with Gasteiger partial charge in [0.15, 0.2) is 0 Å². The SMILES string of the molecule is CCC(=O)N[C@@H](CCC(=O)NCCOCCOCC(=O)N[C@@H](CCCCNC(=O)CBr)C(=O)O)C(=O)O. The molecule has 0 aliphatic carbocycles. The molecule has 0 aromatic heterocycles. The summed E-state index contributed by atoms with van der Waals surface area (Å²) >= 11 is 3.02. The number of carboxylic acids is 2. The third kappa shape index (κ3) is 19.1. The lowest BCUT2D eigenvalue weighted by molar-refractivity contribution is -0.143. The molecule has 37 heavy (non-hydrogen) atoms. The Labute approximate surface area is 223 Å². The molecule has 15 heteroatoms. The van der Waals surface area contributed by atoms with E-state index in [0.717, 1.165) is 0 Å². The molecule has 4 amide bonds. The largest absolute Gasteiger partial charge is 0.480 e. The molecule has 0 rings (SSSR count). The van der Waals surface area contributed by atoms with Crippen LogP contribution in [0.2, 0.25) is 0 Å². The van der Waals surface area contributed by atoms with Crippen LogP contribution in [0.3, 0.4) is 0 Å². The minimum Gasteiger partial charge on any atom is -0.480 e. The average molecular weight is 597 g/mol. The van der Waals surface area contributed by atoms with Gasteiger partial charge in [-0.15, -0.1) is 0 Å². The molecule has 0 fully saturated rings. The zero-order valence-corrected chi connectivity index (χ0v) is 22.5. The van der Waals surface area contributed by atoms with Gasteiger partial charge in [0.2, 0.25) is 23.6 Å². The number of carboxylic acid groups (broad SMARTS) is 2. The fraction of sp³-hybridized carbons (Fsp3) is 0.727. The molecule has 0 heterocycles. The molecule has 0 saturated heterocycles. The number of hydrogen-bond donors (Lipinski definition) is 6. The molecule has 212 valence electrons. The summed E-state index contributed by atoms with van der Waals surface area (Å²) in [6, 6.07) is -2.19. The van der Waals surface area contributed by atoms with Crippen LogP contribution in [0, 0.1) is 0 Å². The lowest BCUT2D eigenvalue weighted by Gasteiger charge is -2.15. The van der Waals surface area contributed by atoms with E-state index in [4.69, 9.17) is 14.6 Å². The van der Waals surface area contributed by atoms with Gasteiger partial charge in [0, 0.05) is 25.9 Å². The van der Waals surface area contributed by atoms with E-state index in [0.29, 0.717) is 19.4 Å². The Balaban J connectivity index is 3.89. The number of ether oxygens (including phenoxy) is 2. The summed E-state index contributed by atoms with van der Waals surface area (Å²) in [7, 11) is 0. The van der Waals surface area contributed by atoms with Crippen molar-refractivity contribution in [1.82, 2.24) is 21.3 Å². The average Bonchev–Trinajstić information content (AvgIpc) is 2.86. The quantitative estimate of drug-likeness (QED) is 0.0672. The third-order valence-corrected chi connectivity index (χ3v) is 5.29. The van der Waals surface area contributed by atoms with Gasteiger partial charge in [-0.25, -0.2) is 9.59 Å².